The fourth-order valence-corrected chi connectivity index (χ4v) is 2.08. The Hall–Kier alpha value is -2.62. The summed E-state index contributed by atoms with van der Waals surface area (Å²) in [6, 6.07) is 15.0. The molecule has 0 saturated heterocycles. The molecule has 0 unspecified atom stereocenters. The van der Waals surface area contributed by atoms with Crippen LogP contribution in [-0.4, -0.2) is 24.3 Å². The Morgan fingerprint density at radius 3 is 2.42 bits per heavy atom. The van der Waals surface area contributed by atoms with Gasteiger partial charge in [0.05, 0.1) is 0 Å². The lowest BCUT2D eigenvalue weighted by atomic mass is 10.1. The van der Waals surface area contributed by atoms with Crippen LogP contribution in [0.1, 0.15) is 40.9 Å². The Balaban J connectivity index is 0.00000139. The average molecular weight is 327 g/mol. The van der Waals surface area contributed by atoms with Crippen molar-refractivity contribution in [3.63, 3.8) is 0 Å². The van der Waals surface area contributed by atoms with E-state index in [9.17, 15) is 9.59 Å². The van der Waals surface area contributed by atoms with Crippen molar-refractivity contribution in [1.82, 2.24) is 4.90 Å². The Kier molecular flexibility index (Phi) is 8.26. The van der Waals surface area contributed by atoms with Crippen LogP contribution in [-0.2, 0) is 17.9 Å². The highest BCUT2D eigenvalue weighted by atomic mass is 16.6. The smallest absolute Gasteiger partial charge is 0.410 e. The van der Waals surface area contributed by atoms with Gasteiger partial charge in [-0.05, 0) is 29.7 Å². The minimum atomic E-state index is -0.389. The van der Waals surface area contributed by atoms with E-state index in [2.05, 4.69) is 0 Å². The number of aryl methyl sites for hydroxylation is 1. The number of ether oxygens (including phenoxy) is 1. The van der Waals surface area contributed by atoms with Crippen molar-refractivity contribution in [3.05, 3.63) is 70.8 Å². The Labute approximate surface area is 144 Å². The lowest BCUT2D eigenvalue weighted by Crippen LogP contribution is -2.27. The van der Waals surface area contributed by atoms with E-state index < -0.39 is 0 Å². The first-order valence-corrected chi connectivity index (χ1v) is 8.06. The Morgan fingerprint density at radius 1 is 1.12 bits per heavy atom. The van der Waals surface area contributed by atoms with Gasteiger partial charge in [0.1, 0.15) is 12.9 Å². The van der Waals surface area contributed by atoms with E-state index in [0.717, 1.165) is 23.0 Å². The van der Waals surface area contributed by atoms with Gasteiger partial charge in [-0.15, -0.1) is 0 Å². The van der Waals surface area contributed by atoms with Crippen LogP contribution < -0.4 is 0 Å². The van der Waals surface area contributed by atoms with E-state index in [1.54, 1.807) is 19.2 Å². The zero-order chi connectivity index (χ0) is 17.9. The van der Waals surface area contributed by atoms with E-state index >= 15 is 0 Å². The summed E-state index contributed by atoms with van der Waals surface area (Å²) in [6.45, 7) is 6.60. The minimum absolute atomic E-state index is 0.247. The van der Waals surface area contributed by atoms with Crippen LogP contribution in [0.4, 0.5) is 4.79 Å². The van der Waals surface area contributed by atoms with Crippen LogP contribution in [0.5, 0.6) is 0 Å². The summed E-state index contributed by atoms with van der Waals surface area (Å²) >= 11 is 0. The molecule has 2 aromatic carbocycles. The maximum Gasteiger partial charge on any atom is 0.410 e. The molecule has 0 spiro atoms. The van der Waals surface area contributed by atoms with Gasteiger partial charge in [-0.1, -0.05) is 56.3 Å². The molecule has 2 aromatic rings. The first kappa shape index (κ1) is 19.4. The van der Waals surface area contributed by atoms with Gasteiger partial charge in [0.25, 0.3) is 0 Å². The third kappa shape index (κ3) is 5.88. The zero-order valence-corrected chi connectivity index (χ0v) is 14.8. The summed E-state index contributed by atoms with van der Waals surface area (Å²) in [4.78, 5) is 24.4. The molecule has 0 atom stereocenters. The molecule has 24 heavy (non-hydrogen) atoms. The molecule has 0 N–H and O–H groups in total. The molecule has 0 saturated carbocycles. The molecule has 2 rings (SSSR count). The van der Waals surface area contributed by atoms with E-state index in [4.69, 9.17) is 4.74 Å². The molecule has 0 aromatic heterocycles. The van der Waals surface area contributed by atoms with Gasteiger partial charge >= 0.3 is 6.09 Å². The van der Waals surface area contributed by atoms with Crippen LogP contribution in [0.15, 0.2) is 48.5 Å². The van der Waals surface area contributed by atoms with Crippen molar-refractivity contribution in [2.45, 2.75) is 33.9 Å². The topological polar surface area (TPSA) is 46.6 Å². The summed E-state index contributed by atoms with van der Waals surface area (Å²) in [5.41, 5.74) is 3.52. The Bertz CT molecular complexity index is 653. The van der Waals surface area contributed by atoms with Gasteiger partial charge in [0.2, 0.25) is 0 Å². The monoisotopic (exact) mass is 327 g/mol. The molecular weight excluding hydrogens is 302 g/mol. The van der Waals surface area contributed by atoms with Crippen molar-refractivity contribution in [2.75, 3.05) is 7.05 Å². The minimum Gasteiger partial charge on any atom is -0.445 e. The summed E-state index contributed by atoms with van der Waals surface area (Å²) in [7, 11) is 1.68. The molecule has 0 aliphatic heterocycles. The van der Waals surface area contributed by atoms with E-state index in [1.165, 1.54) is 4.90 Å². The summed E-state index contributed by atoms with van der Waals surface area (Å²) in [6.07, 6.45) is 0.413. The molecule has 0 heterocycles. The molecule has 0 aliphatic rings. The molecule has 4 heteroatoms. The fourth-order valence-electron chi connectivity index (χ4n) is 2.08. The third-order valence-electron chi connectivity index (χ3n) is 3.43. The molecule has 1 amide bonds. The highest BCUT2D eigenvalue weighted by Crippen LogP contribution is 2.13. The SMILES string of the molecule is CC.Cc1ccc(C=O)cc1CN(C)C(=O)OCc1ccccc1. The number of hydrogen-bond donors (Lipinski definition) is 0. The van der Waals surface area contributed by atoms with Gasteiger partial charge < -0.3 is 9.64 Å². The lowest BCUT2D eigenvalue weighted by Gasteiger charge is -2.18. The van der Waals surface area contributed by atoms with Crippen LogP contribution >= 0.6 is 0 Å². The van der Waals surface area contributed by atoms with Crippen LogP contribution in [0, 0.1) is 6.92 Å². The quantitative estimate of drug-likeness (QED) is 0.754. The van der Waals surface area contributed by atoms with Gasteiger partial charge in [-0.2, -0.15) is 0 Å². The van der Waals surface area contributed by atoms with Crippen LogP contribution in [0.2, 0.25) is 0 Å². The summed E-state index contributed by atoms with van der Waals surface area (Å²) in [5.74, 6) is 0. The third-order valence-corrected chi connectivity index (χ3v) is 3.43. The van der Waals surface area contributed by atoms with Crippen molar-refractivity contribution < 1.29 is 14.3 Å². The first-order chi connectivity index (χ1) is 11.6. The van der Waals surface area contributed by atoms with Gasteiger partial charge in [0, 0.05) is 19.2 Å². The van der Waals surface area contributed by atoms with E-state index in [-0.39, 0.29) is 12.7 Å². The number of carbonyl (C=O) groups excluding carboxylic acids is 2. The second-order valence-corrected chi connectivity index (χ2v) is 5.20. The number of carbonyl (C=O) groups is 2. The van der Waals surface area contributed by atoms with Gasteiger partial charge in [-0.25, -0.2) is 4.79 Å². The average Bonchev–Trinajstić information content (AvgIpc) is 2.64. The molecule has 0 radical (unpaired) electrons. The molecule has 0 bridgehead atoms. The summed E-state index contributed by atoms with van der Waals surface area (Å²) in [5, 5.41) is 0. The van der Waals surface area contributed by atoms with Crippen molar-refractivity contribution in [1.29, 1.82) is 0 Å². The zero-order valence-electron chi connectivity index (χ0n) is 14.8. The largest absolute Gasteiger partial charge is 0.445 e. The maximum absolute atomic E-state index is 12.0. The maximum atomic E-state index is 12.0. The second kappa shape index (κ2) is 10.2. The number of hydrogen-bond acceptors (Lipinski definition) is 3. The van der Waals surface area contributed by atoms with Gasteiger partial charge in [0.15, 0.2) is 0 Å². The van der Waals surface area contributed by atoms with E-state index in [1.807, 2.05) is 57.2 Å². The number of amides is 1. The predicted molar refractivity (Wildman–Crippen MR) is 96.0 cm³/mol. The lowest BCUT2D eigenvalue weighted by molar-refractivity contribution is 0.103. The molecule has 4 nitrogen and oxygen atoms in total. The summed E-state index contributed by atoms with van der Waals surface area (Å²) < 4.78 is 5.28. The molecule has 128 valence electrons. The van der Waals surface area contributed by atoms with Crippen LogP contribution in [0.25, 0.3) is 0 Å². The fraction of sp³-hybridized carbons (Fsp3) is 0.300. The normalized spacial score (nSPS) is 9.50. The number of nitrogens with zero attached hydrogens (tertiary/aromatic N) is 1. The number of benzene rings is 2. The Morgan fingerprint density at radius 2 is 1.79 bits per heavy atom. The number of rotatable bonds is 5. The van der Waals surface area contributed by atoms with Crippen molar-refractivity contribution in [3.8, 4) is 0 Å². The first-order valence-electron chi connectivity index (χ1n) is 8.06. The van der Waals surface area contributed by atoms with E-state index in [0.29, 0.717) is 12.1 Å². The predicted octanol–water partition coefficient (Wildman–Crippen LogP) is 4.60. The van der Waals surface area contributed by atoms with Crippen LogP contribution in [0.3, 0.4) is 0 Å². The van der Waals surface area contributed by atoms with Gasteiger partial charge in [-0.3, -0.25) is 4.79 Å². The second-order valence-electron chi connectivity index (χ2n) is 5.20. The van der Waals surface area contributed by atoms with Crippen molar-refractivity contribution in [2.24, 2.45) is 0 Å². The standard InChI is InChI=1S/C18H19NO3.C2H6/c1-14-8-9-16(12-20)10-17(14)11-19(2)18(21)22-13-15-6-4-3-5-7-15;1-2/h3-10,12H,11,13H2,1-2H3;1-2H3. The highest BCUT2D eigenvalue weighted by molar-refractivity contribution is 5.75. The molecule has 0 fully saturated rings. The molecular formula is C20H25NO3. The molecule has 0 aliphatic carbocycles. The number of aldehydes is 1. The highest BCUT2D eigenvalue weighted by Gasteiger charge is 2.12. The van der Waals surface area contributed by atoms with Crippen molar-refractivity contribution >= 4 is 12.4 Å².